The maximum Gasteiger partial charge on any atom is 0.508 e. The molecule has 126 valence electrons. The van der Waals surface area contributed by atoms with Gasteiger partial charge in [-0.3, -0.25) is 4.74 Å². The average molecular weight is 330 g/mol. The monoisotopic (exact) mass is 330 g/mol. The standard InChI is InChI=1S/C8H10O14/c9-3(21-7(14)15)4(22-8(16)17)19-2(20-6(12)13)1-18-5(10)11/h2-4,9H,1H2,(H,10,11)(H,12,13)(H,14,15)(H,16,17). The molecule has 0 spiro atoms. The Morgan fingerprint density at radius 1 is 0.773 bits per heavy atom. The molecule has 0 bridgehead atoms. The number of aliphatic hydroxyl groups excluding tert-OH is 1. The largest absolute Gasteiger partial charge is 0.508 e. The SMILES string of the molecule is O=C(O)OCC(OC(=O)O)OC(OC(=O)O)C(O)OC(=O)O. The van der Waals surface area contributed by atoms with Crippen molar-refractivity contribution in [1.29, 1.82) is 0 Å². The Morgan fingerprint density at radius 2 is 1.27 bits per heavy atom. The van der Waals surface area contributed by atoms with Crippen LogP contribution in [-0.4, -0.2) is 75.6 Å². The first-order valence-corrected chi connectivity index (χ1v) is 4.99. The van der Waals surface area contributed by atoms with Gasteiger partial charge in [0.1, 0.15) is 0 Å². The van der Waals surface area contributed by atoms with Crippen molar-refractivity contribution in [1.82, 2.24) is 0 Å². The Kier molecular flexibility index (Phi) is 7.80. The Bertz CT molecular complexity index is 417. The van der Waals surface area contributed by atoms with Crippen molar-refractivity contribution in [3.63, 3.8) is 0 Å². The Balaban J connectivity index is 4.90. The van der Waals surface area contributed by atoms with Gasteiger partial charge in [-0.15, -0.1) is 0 Å². The van der Waals surface area contributed by atoms with Gasteiger partial charge in [-0.05, 0) is 0 Å². The fraction of sp³-hybridized carbons (Fsp3) is 0.500. The molecule has 0 amide bonds. The highest BCUT2D eigenvalue weighted by Crippen LogP contribution is 2.10. The van der Waals surface area contributed by atoms with E-state index in [-0.39, 0.29) is 0 Å². The molecule has 0 radical (unpaired) electrons. The molecule has 0 aromatic rings. The van der Waals surface area contributed by atoms with Crippen LogP contribution in [0.25, 0.3) is 0 Å². The molecule has 0 aromatic carbocycles. The predicted molar refractivity (Wildman–Crippen MR) is 56.0 cm³/mol. The minimum absolute atomic E-state index is 1.07. The van der Waals surface area contributed by atoms with Crippen molar-refractivity contribution in [3.8, 4) is 0 Å². The second-order valence-corrected chi connectivity index (χ2v) is 3.05. The zero-order valence-corrected chi connectivity index (χ0v) is 10.3. The molecular formula is C8H10O14. The van der Waals surface area contributed by atoms with Gasteiger partial charge in [0.15, 0.2) is 6.61 Å². The van der Waals surface area contributed by atoms with Crippen LogP contribution >= 0.6 is 0 Å². The third kappa shape index (κ3) is 8.99. The number of aliphatic hydroxyl groups is 1. The highest BCUT2D eigenvalue weighted by atomic mass is 16.8. The molecule has 14 nitrogen and oxygen atoms in total. The lowest BCUT2D eigenvalue weighted by Crippen LogP contribution is -2.42. The summed E-state index contributed by atoms with van der Waals surface area (Å²) in [6.07, 6.45) is -14.9. The Labute approximate surface area is 119 Å². The first-order valence-electron chi connectivity index (χ1n) is 4.99. The minimum atomic E-state index is -2.52. The van der Waals surface area contributed by atoms with Crippen LogP contribution in [0.3, 0.4) is 0 Å². The highest BCUT2D eigenvalue weighted by molar-refractivity contribution is 5.58. The van der Waals surface area contributed by atoms with E-state index in [0.29, 0.717) is 0 Å². The fourth-order valence-electron chi connectivity index (χ4n) is 0.914. The van der Waals surface area contributed by atoms with Gasteiger partial charge in [0, 0.05) is 0 Å². The van der Waals surface area contributed by atoms with E-state index in [1.807, 2.05) is 0 Å². The zero-order valence-electron chi connectivity index (χ0n) is 10.3. The second-order valence-electron chi connectivity index (χ2n) is 3.05. The maximum atomic E-state index is 10.4. The van der Waals surface area contributed by atoms with E-state index in [4.69, 9.17) is 20.4 Å². The van der Waals surface area contributed by atoms with Gasteiger partial charge in [-0.25, -0.2) is 19.2 Å². The molecule has 0 aliphatic heterocycles. The van der Waals surface area contributed by atoms with E-state index >= 15 is 0 Å². The molecule has 0 heterocycles. The maximum absolute atomic E-state index is 10.4. The molecule has 0 aromatic heterocycles. The molecule has 3 atom stereocenters. The van der Waals surface area contributed by atoms with Gasteiger partial charge in [-0.2, -0.15) is 0 Å². The third-order valence-corrected chi connectivity index (χ3v) is 1.53. The van der Waals surface area contributed by atoms with Gasteiger partial charge in [0.2, 0.25) is 6.29 Å². The zero-order chi connectivity index (χ0) is 17.3. The van der Waals surface area contributed by atoms with Crippen LogP contribution in [0.1, 0.15) is 0 Å². The van der Waals surface area contributed by atoms with Gasteiger partial charge >= 0.3 is 24.6 Å². The summed E-state index contributed by atoms with van der Waals surface area (Å²) in [5.74, 6) is 0. The number of rotatable bonds is 8. The Morgan fingerprint density at radius 3 is 1.68 bits per heavy atom. The van der Waals surface area contributed by atoms with Gasteiger partial charge in [-0.1, -0.05) is 0 Å². The topological polar surface area (TPSA) is 216 Å². The molecule has 3 unspecified atom stereocenters. The van der Waals surface area contributed by atoms with Gasteiger partial charge < -0.3 is 44.5 Å². The number of hydrogen-bond donors (Lipinski definition) is 5. The van der Waals surface area contributed by atoms with Crippen LogP contribution in [0, 0.1) is 0 Å². The molecule has 22 heavy (non-hydrogen) atoms. The van der Waals surface area contributed by atoms with Crippen molar-refractivity contribution < 1.29 is 68.4 Å². The molecule has 0 saturated carbocycles. The van der Waals surface area contributed by atoms with Crippen molar-refractivity contribution in [2.45, 2.75) is 18.9 Å². The third-order valence-electron chi connectivity index (χ3n) is 1.53. The van der Waals surface area contributed by atoms with E-state index in [1.165, 1.54) is 0 Å². The van der Waals surface area contributed by atoms with Crippen molar-refractivity contribution in [2.24, 2.45) is 0 Å². The van der Waals surface area contributed by atoms with Gasteiger partial charge in [0.25, 0.3) is 12.6 Å². The lowest BCUT2D eigenvalue weighted by molar-refractivity contribution is -0.291. The quantitative estimate of drug-likeness (QED) is 0.220. The van der Waals surface area contributed by atoms with E-state index in [1.54, 1.807) is 0 Å². The van der Waals surface area contributed by atoms with E-state index in [0.717, 1.165) is 0 Å². The lowest BCUT2D eigenvalue weighted by atomic mass is 10.5. The number of carbonyl (C=O) groups is 4. The molecule has 0 rings (SSSR count). The first-order chi connectivity index (χ1) is 10.1. The van der Waals surface area contributed by atoms with Crippen molar-refractivity contribution in [3.05, 3.63) is 0 Å². The minimum Gasteiger partial charge on any atom is -0.450 e. The average Bonchev–Trinajstić information content (AvgIpc) is 2.32. The number of hydrogen-bond acceptors (Lipinski definition) is 10. The first kappa shape index (κ1) is 19.0. The summed E-state index contributed by atoms with van der Waals surface area (Å²) in [6, 6.07) is 0. The molecule has 0 fully saturated rings. The summed E-state index contributed by atoms with van der Waals surface area (Å²) in [4.78, 5) is 41.1. The molecule has 0 saturated heterocycles. The number of carboxylic acid groups (broad SMARTS) is 4. The summed E-state index contributed by atoms with van der Waals surface area (Å²) in [5.41, 5.74) is 0. The van der Waals surface area contributed by atoms with Crippen LogP contribution in [0.5, 0.6) is 0 Å². The molecule has 0 aliphatic rings. The van der Waals surface area contributed by atoms with Crippen LogP contribution in [0.4, 0.5) is 19.2 Å². The van der Waals surface area contributed by atoms with E-state index in [2.05, 4.69) is 23.7 Å². The lowest BCUT2D eigenvalue weighted by Gasteiger charge is -2.24. The summed E-state index contributed by atoms with van der Waals surface area (Å²) in [5, 5.41) is 42.5. The Hall–Kier alpha value is -3.00. The van der Waals surface area contributed by atoms with Crippen LogP contribution in [0.15, 0.2) is 0 Å². The normalized spacial score (nSPS) is 14.0. The van der Waals surface area contributed by atoms with Crippen molar-refractivity contribution in [2.75, 3.05) is 6.61 Å². The van der Waals surface area contributed by atoms with Gasteiger partial charge in [0.05, 0.1) is 0 Å². The second kappa shape index (κ2) is 9.03. The smallest absolute Gasteiger partial charge is 0.450 e. The van der Waals surface area contributed by atoms with E-state index in [9.17, 15) is 24.3 Å². The number of ether oxygens (including phenoxy) is 5. The van der Waals surface area contributed by atoms with Crippen molar-refractivity contribution >= 4 is 24.6 Å². The van der Waals surface area contributed by atoms with Crippen LogP contribution in [-0.2, 0) is 23.7 Å². The molecule has 14 heteroatoms. The highest BCUT2D eigenvalue weighted by Gasteiger charge is 2.33. The molecule has 0 aliphatic carbocycles. The fourth-order valence-corrected chi connectivity index (χ4v) is 0.914. The van der Waals surface area contributed by atoms with Crippen LogP contribution in [0.2, 0.25) is 0 Å². The molecule has 5 N–H and O–H groups in total. The summed E-state index contributed by atoms with van der Waals surface area (Å²) in [7, 11) is 0. The predicted octanol–water partition coefficient (Wildman–Crippen LogP) is -0.248. The summed E-state index contributed by atoms with van der Waals surface area (Å²) < 4.78 is 20.0. The van der Waals surface area contributed by atoms with Crippen LogP contribution < -0.4 is 0 Å². The van der Waals surface area contributed by atoms with E-state index < -0.39 is 50.1 Å². The summed E-state index contributed by atoms with van der Waals surface area (Å²) in [6.45, 7) is -1.07. The molecular weight excluding hydrogens is 320 g/mol. The summed E-state index contributed by atoms with van der Waals surface area (Å²) >= 11 is 0.